The fraction of sp³-hybridized carbons (Fsp3) is 0.500. The van der Waals surface area contributed by atoms with Crippen molar-refractivity contribution in [1.29, 1.82) is 0 Å². The lowest BCUT2D eigenvalue weighted by molar-refractivity contribution is -0.130. The molecule has 3 heterocycles. The standard InChI is InChI=1S/C28H36N4O4/c1-19(2)7-6-8-23-13-24-27(30-15-23)36-25(20(3)16-32(28(24)35)21(4)18-33)17-31(5)26(34)14-22-9-11-29-12-10-22/h9-13,15,19-21,25,33H,7,14,16-18H2,1-5H3/t20-,21+,25-/m1/s1. The quantitative estimate of drug-likeness (QED) is 0.597. The molecule has 0 radical (unpaired) electrons. The summed E-state index contributed by atoms with van der Waals surface area (Å²) < 4.78 is 6.28. The second kappa shape index (κ2) is 12.5. The summed E-state index contributed by atoms with van der Waals surface area (Å²) in [6.07, 6.45) is 5.55. The van der Waals surface area contributed by atoms with Crippen LogP contribution in [0, 0.1) is 23.7 Å². The van der Waals surface area contributed by atoms with Crippen LogP contribution in [0.2, 0.25) is 0 Å². The third-order valence-electron chi connectivity index (χ3n) is 6.25. The number of ether oxygens (including phenoxy) is 1. The Labute approximate surface area is 213 Å². The van der Waals surface area contributed by atoms with E-state index >= 15 is 0 Å². The molecule has 3 rings (SSSR count). The molecule has 0 bridgehead atoms. The number of fused-ring (bicyclic) bond motifs is 1. The summed E-state index contributed by atoms with van der Waals surface area (Å²) in [5.41, 5.74) is 1.84. The Morgan fingerprint density at radius 2 is 2.03 bits per heavy atom. The van der Waals surface area contributed by atoms with E-state index in [1.807, 2.05) is 26.0 Å². The zero-order valence-corrected chi connectivity index (χ0v) is 21.8. The molecule has 3 atom stereocenters. The molecule has 0 saturated heterocycles. The highest BCUT2D eigenvalue weighted by molar-refractivity contribution is 5.97. The van der Waals surface area contributed by atoms with Crippen molar-refractivity contribution < 1.29 is 19.4 Å². The average molecular weight is 493 g/mol. The number of carbonyl (C=O) groups is 2. The maximum atomic E-state index is 13.5. The number of likely N-dealkylation sites (N-methyl/N-ethyl adjacent to an activating group) is 1. The van der Waals surface area contributed by atoms with Crippen LogP contribution in [0.3, 0.4) is 0 Å². The van der Waals surface area contributed by atoms with Crippen LogP contribution >= 0.6 is 0 Å². The highest BCUT2D eigenvalue weighted by Gasteiger charge is 2.34. The van der Waals surface area contributed by atoms with Crippen LogP contribution in [-0.2, 0) is 11.2 Å². The molecule has 0 aliphatic carbocycles. The largest absolute Gasteiger partial charge is 0.472 e. The Hall–Kier alpha value is -3.44. The van der Waals surface area contributed by atoms with E-state index in [0.29, 0.717) is 30.1 Å². The summed E-state index contributed by atoms with van der Waals surface area (Å²) in [5, 5.41) is 9.83. The number of nitrogens with zero attached hydrogens (tertiary/aromatic N) is 4. The highest BCUT2D eigenvalue weighted by atomic mass is 16.5. The van der Waals surface area contributed by atoms with E-state index < -0.39 is 6.10 Å². The fourth-order valence-corrected chi connectivity index (χ4v) is 3.93. The maximum Gasteiger partial charge on any atom is 0.259 e. The van der Waals surface area contributed by atoms with Gasteiger partial charge in [-0.3, -0.25) is 14.6 Å². The lowest BCUT2D eigenvalue weighted by Gasteiger charge is -2.37. The summed E-state index contributed by atoms with van der Waals surface area (Å²) >= 11 is 0. The first-order valence-electron chi connectivity index (χ1n) is 12.4. The first kappa shape index (κ1) is 27.2. The first-order chi connectivity index (χ1) is 17.2. The number of aromatic nitrogens is 2. The van der Waals surface area contributed by atoms with Crippen molar-refractivity contribution in [1.82, 2.24) is 19.8 Å². The maximum absolute atomic E-state index is 13.5. The molecule has 8 heteroatoms. The van der Waals surface area contributed by atoms with Crippen LogP contribution in [-0.4, -0.2) is 75.6 Å². The molecule has 192 valence electrons. The van der Waals surface area contributed by atoms with Gasteiger partial charge in [0.05, 0.1) is 25.6 Å². The normalized spacial score (nSPS) is 18.3. The molecule has 1 aliphatic rings. The molecule has 0 unspecified atom stereocenters. The summed E-state index contributed by atoms with van der Waals surface area (Å²) in [4.78, 5) is 38.1. The number of rotatable bonds is 7. The number of pyridine rings is 2. The minimum atomic E-state index is -0.401. The Balaban J connectivity index is 1.87. The average Bonchev–Trinajstić information content (AvgIpc) is 2.86. The van der Waals surface area contributed by atoms with E-state index in [1.54, 1.807) is 41.5 Å². The minimum absolute atomic E-state index is 0.0420. The Bertz CT molecular complexity index is 1110. The van der Waals surface area contributed by atoms with Crippen LogP contribution in [0.4, 0.5) is 0 Å². The van der Waals surface area contributed by atoms with Gasteiger partial charge in [-0.05, 0) is 36.6 Å². The van der Waals surface area contributed by atoms with Gasteiger partial charge in [-0.25, -0.2) is 4.98 Å². The lowest BCUT2D eigenvalue weighted by Crippen LogP contribution is -2.50. The summed E-state index contributed by atoms with van der Waals surface area (Å²) in [6.45, 7) is 8.53. The summed E-state index contributed by atoms with van der Waals surface area (Å²) in [5.74, 6) is 6.47. The molecular formula is C28H36N4O4. The second-order valence-corrected chi connectivity index (χ2v) is 9.91. The molecule has 2 aromatic rings. The Morgan fingerprint density at radius 3 is 2.69 bits per heavy atom. The lowest BCUT2D eigenvalue weighted by atomic mass is 9.99. The van der Waals surface area contributed by atoms with Gasteiger partial charge in [0, 0.05) is 50.1 Å². The van der Waals surface area contributed by atoms with Crippen LogP contribution in [0.5, 0.6) is 5.88 Å². The molecule has 0 spiro atoms. The van der Waals surface area contributed by atoms with E-state index in [4.69, 9.17) is 4.74 Å². The highest BCUT2D eigenvalue weighted by Crippen LogP contribution is 2.27. The van der Waals surface area contributed by atoms with E-state index in [2.05, 4.69) is 35.7 Å². The third-order valence-corrected chi connectivity index (χ3v) is 6.25. The van der Waals surface area contributed by atoms with Gasteiger partial charge in [0.15, 0.2) is 0 Å². The number of hydrogen-bond donors (Lipinski definition) is 1. The van der Waals surface area contributed by atoms with E-state index in [1.165, 1.54) is 0 Å². The number of aliphatic hydroxyl groups is 1. The number of amides is 2. The van der Waals surface area contributed by atoms with Gasteiger partial charge in [-0.2, -0.15) is 0 Å². The predicted molar refractivity (Wildman–Crippen MR) is 137 cm³/mol. The number of carbonyl (C=O) groups excluding carboxylic acids is 2. The molecule has 8 nitrogen and oxygen atoms in total. The van der Waals surface area contributed by atoms with Crippen LogP contribution < -0.4 is 4.74 Å². The fourth-order valence-electron chi connectivity index (χ4n) is 3.93. The molecule has 1 aliphatic heterocycles. The summed E-state index contributed by atoms with van der Waals surface area (Å²) in [7, 11) is 1.75. The van der Waals surface area contributed by atoms with Crippen LogP contribution in [0.1, 0.15) is 55.6 Å². The molecule has 36 heavy (non-hydrogen) atoms. The third kappa shape index (κ3) is 7.05. The van der Waals surface area contributed by atoms with E-state index in [9.17, 15) is 14.7 Å². The molecule has 1 N–H and O–H groups in total. The van der Waals surface area contributed by atoms with Crippen molar-refractivity contribution >= 4 is 11.8 Å². The van der Waals surface area contributed by atoms with E-state index in [0.717, 1.165) is 12.0 Å². The monoisotopic (exact) mass is 492 g/mol. The number of aliphatic hydroxyl groups excluding tert-OH is 1. The second-order valence-electron chi connectivity index (χ2n) is 9.91. The molecular weight excluding hydrogens is 456 g/mol. The van der Waals surface area contributed by atoms with Gasteiger partial charge in [0.1, 0.15) is 11.7 Å². The van der Waals surface area contributed by atoms with Crippen molar-refractivity contribution in [3.8, 4) is 17.7 Å². The smallest absolute Gasteiger partial charge is 0.259 e. The minimum Gasteiger partial charge on any atom is -0.472 e. The molecule has 2 amide bonds. The molecule has 2 aromatic heterocycles. The summed E-state index contributed by atoms with van der Waals surface area (Å²) in [6, 6.07) is 4.97. The molecule has 0 saturated carbocycles. The van der Waals surface area contributed by atoms with Crippen molar-refractivity contribution in [3.63, 3.8) is 0 Å². The van der Waals surface area contributed by atoms with Gasteiger partial charge in [-0.15, -0.1) is 0 Å². The van der Waals surface area contributed by atoms with Crippen molar-refractivity contribution in [2.75, 3.05) is 26.7 Å². The van der Waals surface area contributed by atoms with Gasteiger partial charge in [0.2, 0.25) is 11.8 Å². The Kier molecular flexibility index (Phi) is 9.43. The molecule has 0 fully saturated rings. The van der Waals surface area contributed by atoms with Gasteiger partial charge in [0.25, 0.3) is 5.91 Å². The molecule has 0 aromatic carbocycles. The number of hydrogen-bond acceptors (Lipinski definition) is 6. The topological polar surface area (TPSA) is 95.9 Å². The van der Waals surface area contributed by atoms with Crippen molar-refractivity contribution in [2.45, 2.75) is 52.7 Å². The zero-order valence-electron chi connectivity index (χ0n) is 21.8. The first-order valence-corrected chi connectivity index (χ1v) is 12.4. The predicted octanol–water partition coefficient (Wildman–Crippen LogP) is 2.80. The SMILES string of the molecule is CC(C)CC#Cc1cnc2c(c1)C(=O)N([C@@H](C)CO)C[C@@H](C)[C@@H](CN(C)C(=O)Cc1ccncc1)O2. The van der Waals surface area contributed by atoms with Crippen LogP contribution in [0.25, 0.3) is 0 Å². The van der Waals surface area contributed by atoms with E-state index in [-0.39, 0.29) is 42.7 Å². The van der Waals surface area contributed by atoms with Gasteiger partial charge in [-0.1, -0.05) is 32.6 Å². The zero-order chi connectivity index (χ0) is 26.2. The van der Waals surface area contributed by atoms with Gasteiger partial charge >= 0.3 is 0 Å². The van der Waals surface area contributed by atoms with Crippen LogP contribution in [0.15, 0.2) is 36.8 Å². The van der Waals surface area contributed by atoms with Crippen molar-refractivity contribution in [3.05, 3.63) is 53.5 Å². The Morgan fingerprint density at radius 1 is 1.31 bits per heavy atom. The van der Waals surface area contributed by atoms with Gasteiger partial charge < -0.3 is 19.6 Å². The van der Waals surface area contributed by atoms with Crippen molar-refractivity contribution in [2.24, 2.45) is 11.8 Å².